The van der Waals surface area contributed by atoms with Gasteiger partial charge in [0, 0.05) is 7.05 Å². The molecule has 0 spiro atoms. The first kappa shape index (κ1) is 30.1. The van der Waals surface area contributed by atoms with Crippen LogP contribution in [-0.2, 0) is 16.6 Å². The van der Waals surface area contributed by atoms with Crippen molar-refractivity contribution in [2.45, 2.75) is 109 Å². The highest BCUT2D eigenvalue weighted by molar-refractivity contribution is 8.00. The van der Waals surface area contributed by atoms with Crippen molar-refractivity contribution in [3.63, 3.8) is 0 Å². The van der Waals surface area contributed by atoms with Gasteiger partial charge in [-0.25, -0.2) is 14.6 Å². The number of hydrogen-bond acceptors (Lipinski definition) is 7. The Kier molecular flexibility index (Phi) is 16.0. The van der Waals surface area contributed by atoms with Gasteiger partial charge in [0.25, 0.3) is 0 Å². The summed E-state index contributed by atoms with van der Waals surface area (Å²) in [6.07, 6.45) is 24.3. The summed E-state index contributed by atoms with van der Waals surface area (Å²) in [4.78, 5) is 20.3. The molecule has 7 nitrogen and oxygen atoms in total. The zero-order valence-corrected chi connectivity index (χ0v) is 23.5. The topological polar surface area (TPSA) is 79.1 Å². The molecule has 0 unspecified atom stereocenters. The molecule has 0 saturated carbocycles. The zero-order chi connectivity index (χ0) is 25.8. The minimum Gasteiger partial charge on any atom is -0.476 e. The fraction of sp³-hybridized carbons (Fsp3) is 0.714. The van der Waals surface area contributed by atoms with Gasteiger partial charge in [0.1, 0.15) is 16.9 Å². The van der Waals surface area contributed by atoms with Crippen molar-refractivity contribution in [2.75, 3.05) is 19.0 Å². The number of esters is 1. The molecule has 202 valence electrons. The first-order chi connectivity index (χ1) is 17.7. The van der Waals surface area contributed by atoms with E-state index in [4.69, 9.17) is 9.47 Å². The monoisotopic (exact) mass is 518 g/mol. The zero-order valence-electron chi connectivity index (χ0n) is 22.7. The van der Waals surface area contributed by atoms with Gasteiger partial charge in [-0.1, -0.05) is 88.6 Å². The Bertz CT molecular complexity index is 900. The van der Waals surface area contributed by atoms with Crippen molar-refractivity contribution in [1.82, 2.24) is 19.7 Å². The second-order valence-electron chi connectivity index (χ2n) is 9.18. The van der Waals surface area contributed by atoms with E-state index in [1.54, 1.807) is 11.6 Å². The molecule has 0 fully saturated rings. The molecule has 2 aromatic heterocycles. The van der Waals surface area contributed by atoms with Crippen molar-refractivity contribution in [3.8, 4) is 5.88 Å². The molecule has 36 heavy (non-hydrogen) atoms. The van der Waals surface area contributed by atoms with Gasteiger partial charge < -0.3 is 9.47 Å². The molecule has 0 atom stereocenters. The predicted octanol–water partition coefficient (Wildman–Crippen LogP) is 7.43. The summed E-state index contributed by atoms with van der Waals surface area (Å²) in [5.41, 5.74) is 1.34. The minimum atomic E-state index is -0.262. The number of allylic oxidation sites excluding steroid dienone is 2. The van der Waals surface area contributed by atoms with Gasteiger partial charge >= 0.3 is 5.97 Å². The van der Waals surface area contributed by atoms with Crippen molar-refractivity contribution in [2.24, 2.45) is 7.05 Å². The normalized spacial score (nSPS) is 11.5. The predicted molar refractivity (Wildman–Crippen MR) is 149 cm³/mol. The number of aryl methyl sites for hydroxylation is 1. The summed E-state index contributed by atoms with van der Waals surface area (Å²) in [6, 6.07) is 0. The third kappa shape index (κ3) is 11.8. The highest BCUT2D eigenvalue weighted by atomic mass is 32.2. The summed E-state index contributed by atoms with van der Waals surface area (Å²) in [7, 11) is 1.85. The molecular weight excluding hydrogens is 472 g/mol. The summed E-state index contributed by atoms with van der Waals surface area (Å²) in [5, 5.41) is 5.18. The number of aromatic nitrogens is 4. The Labute approximate surface area is 221 Å². The molecule has 0 aliphatic rings. The summed E-state index contributed by atoms with van der Waals surface area (Å²) in [5.74, 6) is 0.585. The van der Waals surface area contributed by atoms with E-state index in [1.807, 2.05) is 7.05 Å². The molecule has 8 heteroatoms. The molecule has 0 saturated heterocycles. The van der Waals surface area contributed by atoms with E-state index in [0.29, 0.717) is 35.2 Å². The van der Waals surface area contributed by atoms with Crippen LogP contribution in [0.1, 0.15) is 104 Å². The molecule has 0 aliphatic heterocycles. The standard InChI is InChI=1S/C28H46N4O3S/c1-4-6-7-8-9-10-11-12-13-14-15-16-17-18-19-20-21-35-28-26-25(31-32(28)3)27(30-23-29-26)36-22-24(33)34-5-2/h12-13,23H,4-11,14-22H2,1-3H3/b13-12-. The van der Waals surface area contributed by atoms with Gasteiger partial charge in [-0.3, -0.25) is 4.79 Å². The van der Waals surface area contributed by atoms with Crippen LogP contribution in [0.5, 0.6) is 5.88 Å². The Balaban J connectivity index is 1.55. The molecular formula is C28H46N4O3S. The molecule has 0 bridgehead atoms. The third-order valence-corrected chi connectivity index (χ3v) is 7.01. The number of rotatable bonds is 21. The van der Waals surface area contributed by atoms with E-state index >= 15 is 0 Å². The van der Waals surface area contributed by atoms with Gasteiger partial charge in [-0.15, -0.1) is 0 Å². The fourth-order valence-electron chi connectivity index (χ4n) is 4.07. The van der Waals surface area contributed by atoms with Gasteiger partial charge in [0.05, 0.1) is 19.0 Å². The van der Waals surface area contributed by atoms with E-state index in [1.165, 1.54) is 102 Å². The molecule has 2 aromatic rings. The number of ether oxygens (including phenoxy) is 2. The third-order valence-electron chi connectivity index (χ3n) is 6.06. The highest BCUT2D eigenvalue weighted by Crippen LogP contribution is 2.29. The molecule has 2 rings (SSSR count). The van der Waals surface area contributed by atoms with Crippen molar-refractivity contribution in [1.29, 1.82) is 0 Å². The number of thioether (sulfide) groups is 1. The van der Waals surface area contributed by atoms with Gasteiger partial charge in [0.15, 0.2) is 5.52 Å². The molecule has 2 heterocycles. The first-order valence-corrected chi connectivity index (χ1v) is 14.9. The average molecular weight is 519 g/mol. The van der Waals surface area contributed by atoms with E-state index < -0.39 is 0 Å². The maximum absolute atomic E-state index is 11.7. The van der Waals surface area contributed by atoms with E-state index in [2.05, 4.69) is 34.1 Å². The van der Waals surface area contributed by atoms with Crippen LogP contribution in [0.3, 0.4) is 0 Å². The summed E-state index contributed by atoms with van der Waals surface area (Å²) >= 11 is 1.31. The fourth-order valence-corrected chi connectivity index (χ4v) is 4.81. The molecule has 0 aromatic carbocycles. The smallest absolute Gasteiger partial charge is 0.316 e. The maximum Gasteiger partial charge on any atom is 0.316 e. The minimum absolute atomic E-state index is 0.197. The lowest BCUT2D eigenvalue weighted by molar-refractivity contribution is -0.139. The van der Waals surface area contributed by atoms with Crippen LogP contribution in [-0.4, -0.2) is 44.7 Å². The van der Waals surface area contributed by atoms with Crippen LogP contribution < -0.4 is 4.74 Å². The molecule has 0 N–H and O–H groups in total. The van der Waals surface area contributed by atoms with E-state index in [0.717, 1.165) is 6.42 Å². The van der Waals surface area contributed by atoms with Crippen LogP contribution in [0.25, 0.3) is 11.0 Å². The highest BCUT2D eigenvalue weighted by Gasteiger charge is 2.17. The second-order valence-corrected chi connectivity index (χ2v) is 10.1. The Morgan fingerprint density at radius 2 is 1.53 bits per heavy atom. The number of hydrogen-bond donors (Lipinski definition) is 0. The number of carbonyl (C=O) groups is 1. The van der Waals surface area contributed by atoms with Gasteiger partial charge in [-0.05, 0) is 39.0 Å². The van der Waals surface area contributed by atoms with Crippen LogP contribution in [0.4, 0.5) is 0 Å². The number of nitrogens with zero attached hydrogens (tertiary/aromatic N) is 4. The largest absolute Gasteiger partial charge is 0.476 e. The van der Waals surface area contributed by atoms with Crippen LogP contribution >= 0.6 is 11.8 Å². The molecule has 0 amide bonds. The van der Waals surface area contributed by atoms with Crippen LogP contribution in [0.2, 0.25) is 0 Å². The van der Waals surface area contributed by atoms with Crippen molar-refractivity contribution < 1.29 is 14.3 Å². The van der Waals surface area contributed by atoms with Crippen LogP contribution in [0.15, 0.2) is 23.5 Å². The Morgan fingerprint density at radius 1 is 0.889 bits per heavy atom. The molecule has 0 aliphatic carbocycles. The number of fused-ring (bicyclic) bond motifs is 1. The Morgan fingerprint density at radius 3 is 2.19 bits per heavy atom. The summed E-state index contributed by atoms with van der Waals surface area (Å²) < 4.78 is 12.7. The average Bonchev–Trinajstić information content (AvgIpc) is 3.20. The van der Waals surface area contributed by atoms with Crippen molar-refractivity contribution in [3.05, 3.63) is 18.5 Å². The van der Waals surface area contributed by atoms with E-state index in [9.17, 15) is 4.79 Å². The van der Waals surface area contributed by atoms with Crippen molar-refractivity contribution >= 4 is 28.8 Å². The number of unbranched alkanes of at least 4 members (excludes halogenated alkanes) is 12. The first-order valence-electron chi connectivity index (χ1n) is 13.9. The SMILES string of the molecule is CCCCCCCC/C=C\CCCCCCCCOc1c2ncnc(SCC(=O)OCC)c2nn1C. The summed E-state index contributed by atoms with van der Waals surface area (Å²) in [6.45, 7) is 5.08. The second kappa shape index (κ2) is 19.1. The quantitative estimate of drug-likeness (QED) is 0.0558. The van der Waals surface area contributed by atoms with E-state index in [-0.39, 0.29) is 11.7 Å². The lowest BCUT2D eigenvalue weighted by atomic mass is 10.1. The molecule has 0 radical (unpaired) electrons. The Hall–Kier alpha value is -2.09. The maximum atomic E-state index is 11.7. The van der Waals surface area contributed by atoms with Gasteiger partial charge in [0.2, 0.25) is 5.88 Å². The lowest BCUT2D eigenvalue weighted by Crippen LogP contribution is -2.06. The lowest BCUT2D eigenvalue weighted by Gasteiger charge is -2.06. The number of carbonyl (C=O) groups excluding carboxylic acids is 1. The van der Waals surface area contributed by atoms with Gasteiger partial charge in [-0.2, -0.15) is 5.10 Å². The van der Waals surface area contributed by atoms with Crippen LogP contribution in [0, 0.1) is 0 Å².